The number of rotatable bonds is 20. The number of benzene rings is 3. The van der Waals surface area contributed by atoms with Gasteiger partial charge in [-0.1, -0.05) is 36.0 Å². The van der Waals surface area contributed by atoms with E-state index in [-0.39, 0.29) is 5.91 Å². The van der Waals surface area contributed by atoms with Crippen molar-refractivity contribution in [3.63, 3.8) is 0 Å². The molecule has 1 amide bonds. The van der Waals surface area contributed by atoms with Crippen LogP contribution in [-0.2, 0) is 23.7 Å². The van der Waals surface area contributed by atoms with Crippen molar-refractivity contribution in [1.82, 2.24) is 15.5 Å². The van der Waals surface area contributed by atoms with E-state index < -0.39 is 0 Å². The first-order chi connectivity index (χ1) is 21.2. The molecule has 11 heteroatoms. The number of ether oxygens (including phenoxy) is 5. The molecule has 0 saturated carbocycles. The van der Waals surface area contributed by atoms with Crippen LogP contribution in [0.4, 0.5) is 5.69 Å². The number of nitrogens with zero attached hydrogens (tertiary/aromatic N) is 1. The minimum Gasteiger partial charge on any atom is -0.383 e. The molecule has 0 radical (unpaired) electrons. The van der Waals surface area contributed by atoms with Crippen LogP contribution in [0.5, 0.6) is 0 Å². The molecule has 0 bridgehead atoms. The van der Waals surface area contributed by atoms with Gasteiger partial charge < -0.3 is 34.3 Å². The zero-order valence-corrected chi connectivity index (χ0v) is 25.5. The van der Waals surface area contributed by atoms with E-state index >= 15 is 0 Å². The van der Waals surface area contributed by atoms with Gasteiger partial charge in [0.1, 0.15) is 0 Å². The predicted molar refractivity (Wildman–Crippen MR) is 169 cm³/mol. The average Bonchev–Trinajstić information content (AvgIpc) is 3.46. The molecule has 0 atom stereocenters. The Morgan fingerprint density at radius 3 is 2.14 bits per heavy atom. The Hall–Kier alpha value is -3.45. The first-order valence-corrected chi connectivity index (χ1v) is 15.1. The molecule has 0 fully saturated rings. The molecule has 3 aromatic carbocycles. The zero-order valence-electron chi connectivity index (χ0n) is 24.7. The number of nitrogens with one attached hydrogen (secondary N) is 3. The first-order valence-electron chi connectivity index (χ1n) is 14.3. The van der Waals surface area contributed by atoms with Crippen LogP contribution in [-0.4, -0.2) is 96.3 Å². The van der Waals surface area contributed by atoms with Gasteiger partial charge in [-0.05, 0) is 42.5 Å². The Balaban J connectivity index is 1.15. The SMILES string of the molecule is CNC(=O)c1ccccc1Sc1ccc2c(-c3ccc(NCCOCCOCCOCCOCCOC)cc3)n[nH]c2c1. The summed E-state index contributed by atoms with van der Waals surface area (Å²) in [6, 6.07) is 22.0. The maximum Gasteiger partial charge on any atom is 0.252 e. The van der Waals surface area contributed by atoms with E-state index in [1.165, 1.54) is 0 Å². The van der Waals surface area contributed by atoms with Crippen molar-refractivity contribution in [3.8, 4) is 11.3 Å². The van der Waals surface area contributed by atoms with E-state index in [0.717, 1.165) is 37.6 Å². The number of fused-ring (bicyclic) bond motifs is 1. The van der Waals surface area contributed by atoms with E-state index in [0.29, 0.717) is 71.6 Å². The summed E-state index contributed by atoms with van der Waals surface area (Å²) in [5.74, 6) is -0.0993. The molecular formula is C32H40N4O6S. The highest BCUT2D eigenvalue weighted by Gasteiger charge is 2.13. The van der Waals surface area contributed by atoms with Gasteiger partial charge in [0.2, 0.25) is 0 Å². The summed E-state index contributed by atoms with van der Waals surface area (Å²) in [5.41, 5.74) is 4.53. The van der Waals surface area contributed by atoms with Crippen molar-refractivity contribution < 1.29 is 28.5 Å². The monoisotopic (exact) mass is 608 g/mol. The fourth-order valence-electron chi connectivity index (χ4n) is 4.20. The largest absolute Gasteiger partial charge is 0.383 e. The van der Waals surface area contributed by atoms with Crippen LogP contribution in [0.1, 0.15) is 10.4 Å². The van der Waals surface area contributed by atoms with E-state index in [2.05, 4.69) is 51.2 Å². The number of hydrogen-bond donors (Lipinski definition) is 3. The molecule has 10 nitrogen and oxygen atoms in total. The van der Waals surface area contributed by atoms with Gasteiger partial charge in [-0.25, -0.2) is 0 Å². The van der Waals surface area contributed by atoms with Gasteiger partial charge in [0.15, 0.2) is 0 Å². The second-order valence-corrected chi connectivity index (χ2v) is 10.5. The third kappa shape index (κ3) is 10.3. The van der Waals surface area contributed by atoms with Crippen molar-refractivity contribution in [2.75, 3.05) is 85.5 Å². The number of hydrogen-bond acceptors (Lipinski definition) is 9. The van der Waals surface area contributed by atoms with Crippen molar-refractivity contribution >= 4 is 34.3 Å². The van der Waals surface area contributed by atoms with E-state index in [9.17, 15) is 4.79 Å². The number of methoxy groups -OCH3 is 1. The van der Waals surface area contributed by atoms with Crippen LogP contribution in [0.3, 0.4) is 0 Å². The number of aromatic nitrogens is 2. The molecule has 0 aliphatic rings. The van der Waals surface area contributed by atoms with Crippen molar-refractivity contribution in [1.29, 1.82) is 0 Å². The molecule has 0 aliphatic carbocycles. The minimum absolute atomic E-state index is 0.0993. The van der Waals surface area contributed by atoms with Gasteiger partial charge in [-0.3, -0.25) is 9.89 Å². The third-order valence-corrected chi connectivity index (χ3v) is 7.47. The standard InChI is InChI=1S/C32H40N4O6S/c1-33-32(37)28-5-3-4-6-30(28)43-26-11-12-27-29(23-26)35-36-31(27)24-7-9-25(10-8-24)34-13-14-39-17-18-41-21-22-42-20-19-40-16-15-38-2/h3-12,23,34H,13-22H2,1-2H3,(H,33,37)(H,35,36). The molecule has 4 aromatic rings. The van der Waals surface area contributed by atoms with Crippen LogP contribution in [0, 0.1) is 0 Å². The molecule has 1 aromatic heterocycles. The lowest BCUT2D eigenvalue weighted by molar-refractivity contribution is -0.00700. The highest BCUT2D eigenvalue weighted by Crippen LogP contribution is 2.34. The van der Waals surface area contributed by atoms with Crippen LogP contribution in [0.15, 0.2) is 76.5 Å². The summed E-state index contributed by atoms with van der Waals surface area (Å²) in [7, 11) is 3.29. The quantitative estimate of drug-likeness (QED) is 0.121. The van der Waals surface area contributed by atoms with Crippen LogP contribution in [0.2, 0.25) is 0 Å². The molecule has 43 heavy (non-hydrogen) atoms. The molecule has 0 saturated heterocycles. The van der Waals surface area contributed by atoms with Crippen LogP contribution < -0.4 is 10.6 Å². The topological polar surface area (TPSA) is 116 Å². The van der Waals surface area contributed by atoms with E-state index in [4.69, 9.17) is 23.7 Å². The van der Waals surface area contributed by atoms with Crippen LogP contribution in [0.25, 0.3) is 22.2 Å². The second-order valence-electron chi connectivity index (χ2n) is 9.40. The summed E-state index contributed by atoms with van der Waals surface area (Å²) in [5, 5.41) is 14.9. The Kier molecular flexibility index (Phi) is 13.8. The molecule has 1 heterocycles. The summed E-state index contributed by atoms with van der Waals surface area (Å²) < 4.78 is 26.8. The molecule has 0 aliphatic heterocycles. The highest BCUT2D eigenvalue weighted by molar-refractivity contribution is 7.99. The van der Waals surface area contributed by atoms with Crippen molar-refractivity contribution in [3.05, 3.63) is 72.3 Å². The number of carbonyl (C=O) groups is 1. The molecular weight excluding hydrogens is 568 g/mol. The molecule has 230 valence electrons. The number of carbonyl (C=O) groups excluding carboxylic acids is 1. The number of anilines is 1. The number of H-pyrrole nitrogens is 1. The first kappa shape index (κ1) is 32.5. The molecule has 3 N–H and O–H groups in total. The minimum atomic E-state index is -0.0993. The third-order valence-electron chi connectivity index (χ3n) is 6.40. The predicted octanol–water partition coefficient (Wildman–Crippen LogP) is 4.87. The van der Waals surface area contributed by atoms with Crippen LogP contribution >= 0.6 is 11.8 Å². The van der Waals surface area contributed by atoms with Gasteiger partial charge in [0.25, 0.3) is 5.91 Å². The van der Waals surface area contributed by atoms with Gasteiger partial charge >= 0.3 is 0 Å². The fraction of sp³-hybridized carbons (Fsp3) is 0.375. The summed E-state index contributed by atoms with van der Waals surface area (Å²) in [4.78, 5) is 14.2. The van der Waals surface area contributed by atoms with Gasteiger partial charge in [0, 0.05) is 47.1 Å². The Bertz CT molecular complexity index is 1400. The Labute approximate surface area is 256 Å². The number of aromatic amines is 1. The number of amides is 1. The summed E-state index contributed by atoms with van der Waals surface area (Å²) >= 11 is 1.55. The average molecular weight is 609 g/mol. The summed E-state index contributed by atoms with van der Waals surface area (Å²) in [6.07, 6.45) is 0. The molecule has 0 spiro atoms. The van der Waals surface area contributed by atoms with Gasteiger partial charge in [0.05, 0.1) is 76.2 Å². The molecule has 4 rings (SSSR count). The summed E-state index contributed by atoms with van der Waals surface area (Å²) in [6.45, 7) is 5.69. The Morgan fingerprint density at radius 1 is 0.814 bits per heavy atom. The normalized spacial score (nSPS) is 11.2. The van der Waals surface area contributed by atoms with Crippen molar-refractivity contribution in [2.45, 2.75) is 9.79 Å². The highest BCUT2D eigenvalue weighted by atomic mass is 32.2. The van der Waals surface area contributed by atoms with Gasteiger partial charge in [-0.2, -0.15) is 5.10 Å². The van der Waals surface area contributed by atoms with Crippen molar-refractivity contribution in [2.24, 2.45) is 0 Å². The van der Waals surface area contributed by atoms with E-state index in [1.807, 2.05) is 36.4 Å². The maximum absolute atomic E-state index is 12.2. The lowest BCUT2D eigenvalue weighted by Gasteiger charge is -2.09. The fourth-order valence-corrected chi connectivity index (χ4v) is 5.19. The maximum atomic E-state index is 12.2. The second kappa shape index (κ2) is 18.3. The zero-order chi connectivity index (χ0) is 30.1. The smallest absolute Gasteiger partial charge is 0.252 e. The lowest BCUT2D eigenvalue weighted by Crippen LogP contribution is -2.18. The Morgan fingerprint density at radius 2 is 1.47 bits per heavy atom. The van der Waals surface area contributed by atoms with Gasteiger partial charge in [-0.15, -0.1) is 0 Å². The van der Waals surface area contributed by atoms with E-state index in [1.54, 1.807) is 25.9 Å². The molecule has 0 unspecified atom stereocenters. The lowest BCUT2D eigenvalue weighted by atomic mass is 10.1.